The summed E-state index contributed by atoms with van der Waals surface area (Å²) in [6, 6.07) is 5.58. The lowest BCUT2D eigenvalue weighted by Crippen LogP contribution is -2.42. The zero-order valence-electron chi connectivity index (χ0n) is 10.8. The number of nitrogens with one attached hydrogen (secondary N) is 1. The molecule has 0 bridgehead atoms. The van der Waals surface area contributed by atoms with Crippen molar-refractivity contribution >= 4 is 27.5 Å². The molecule has 1 aromatic heterocycles. The number of hydrogen-bond donors (Lipinski definition) is 1. The van der Waals surface area contributed by atoms with Crippen LogP contribution in [-0.4, -0.2) is 41.2 Å². The Bertz CT molecular complexity index is 598. The Morgan fingerprint density at radius 1 is 1.35 bits per heavy atom. The lowest BCUT2D eigenvalue weighted by Gasteiger charge is -2.25. The molecule has 0 amide bonds. The summed E-state index contributed by atoms with van der Waals surface area (Å²) in [7, 11) is 0. The Hall–Kier alpha value is -0.950. The number of rotatable bonds is 3. The number of nitrogens with zero attached hydrogens (tertiary/aromatic N) is 3. The van der Waals surface area contributed by atoms with Gasteiger partial charge in [-0.1, -0.05) is 16.8 Å². The second kappa shape index (κ2) is 6.22. The number of piperazine rings is 1. The molecule has 0 atom stereocenters. The van der Waals surface area contributed by atoms with Crippen molar-refractivity contribution in [2.75, 3.05) is 26.2 Å². The van der Waals surface area contributed by atoms with Crippen molar-refractivity contribution in [2.24, 2.45) is 0 Å². The average molecular weight is 358 g/mol. The Morgan fingerprint density at radius 2 is 2.15 bits per heavy atom. The molecule has 106 valence electrons. The highest BCUT2D eigenvalue weighted by molar-refractivity contribution is 9.10. The lowest BCUT2D eigenvalue weighted by atomic mass is 10.2. The minimum atomic E-state index is 0.590. The Labute approximate surface area is 130 Å². The fraction of sp³-hybridized carbons (Fsp3) is 0.385. The third kappa shape index (κ3) is 3.20. The highest BCUT2D eigenvalue weighted by Crippen LogP contribution is 2.27. The van der Waals surface area contributed by atoms with Crippen LogP contribution >= 0.6 is 27.5 Å². The van der Waals surface area contributed by atoms with E-state index in [1.54, 1.807) is 0 Å². The zero-order valence-corrected chi connectivity index (χ0v) is 13.1. The molecule has 2 aromatic rings. The molecule has 1 N–H and O–H groups in total. The first-order valence-electron chi connectivity index (χ1n) is 6.43. The minimum Gasteiger partial charge on any atom is -0.338 e. The second-order valence-corrected chi connectivity index (χ2v) is 5.93. The van der Waals surface area contributed by atoms with E-state index >= 15 is 0 Å². The van der Waals surface area contributed by atoms with Gasteiger partial charge in [-0.3, -0.25) is 4.90 Å². The zero-order chi connectivity index (χ0) is 13.9. The van der Waals surface area contributed by atoms with Gasteiger partial charge in [-0.05, 0) is 34.1 Å². The smallest absolute Gasteiger partial charge is 0.241 e. The summed E-state index contributed by atoms with van der Waals surface area (Å²) in [6.45, 7) is 4.72. The topological polar surface area (TPSA) is 54.2 Å². The highest BCUT2D eigenvalue weighted by Gasteiger charge is 2.15. The number of hydrogen-bond acceptors (Lipinski definition) is 5. The fourth-order valence-corrected chi connectivity index (χ4v) is 2.63. The molecule has 5 nitrogen and oxygen atoms in total. The van der Waals surface area contributed by atoms with Crippen LogP contribution < -0.4 is 5.32 Å². The van der Waals surface area contributed by atoms with Crippen molar-refractivity contribution in [2.45, 2.75) is 6.54 Å². The summed E-state index contributed by atoms with van der Waals surface area (Å²) in [5, 5.41) is 8.01. The van der Waals surface area contributed by atoms with Crippen LogP contribution in [-0.2, 0) is 6.54 Å². The quantitative estimate of drug-likeness (QED) is 0.915. The van der Waals surface area contributed by atoms with Gasteiger partial charge in [0.05, 0.1) is 11.6 Å². The monoisotopic (exact) mass is 356 g/mol. The van der Waals surface area contributed by atoms with Gasteiger partial charge in [-0.15, -0.1) is 0 Å². The van der Waals surface area contributed by atoms with Gasteiger partial charge in [-0.2, -0.15) is 4.98 Å². The number of halogens is 2. The molecule has 0 spiro atoms. The maximum atomic E-state index is 5.98. The van der Waals surface area contributed by atoms with Crippen molar-refractivity contribution in [1.82, 2.24) is 20.4 Å². The molecular weight excluding hydrogens is 344 g/mol. The van der Waals surface area contributed by atoms with Crippen molar-refractivity contribution in [3.8, 4) is 11.4 Å². The third-order valence-corrected chi connectivity index (χ3v) is 4.43. The largest absolute Gasteiger partial charge is 0.338 e. The molecule has 1 aliphatic heterocycles. The normalized spacial score (nSPS) is 16.5. The van der Waals surface area contributed by atoms with Crippen LogP contribution in [0.5, 0.6) is 0 Å². The lowest BCUT2D eigenvalue weighted by molar-refractivity contribution is 0.203. The molecule has 0 aliphatic carbocycles. The van der Waals surface area contributed by atoms with Gasteiger partial charge in [0.15, 0.2) is 0 Å². The maximum absolute atomic E-state index is 5.98. The van der Waals surface area contributed by atoms with E-state index < -0.39 is 0 Å². The summed E-state index contributed by atoms with van der Waals surface area (Å²) >= 11 is 9.37. The first-order chi connectivity index (χ1) is 9.72. The predicted molar refractivity (Wildman–Crippen MR) is 80.6 cm³/mol. The van der Waals surface area contributed by atoms with E-state index in [1.807, 2.05) is 18.2 Å². The minimum absolute atomic E-state index is 0.590. The summed E-state index contributed by atoms with van der Waals surface area (Å²) < 4.78 is 6.14. The molecule has 7 heteroatoms. The number of aromatic nitrogens is 2. The predicted octanol–water partition coefficient (Wildman–Crippen LogP) is 2.56. The van der Waals surface area contributed by atoms with Crippen molar-refractivity contribution < 1.29 is 4.52 Å². The third-order valence-electron chi connectivity index (χ3n) is 3.21. The SMILES string of the molecule is Clc1ccc(-c2noc(CN3CCNCC3)n2)cc1Br. The van der Waals surface area contributed by atoms with Crippen molar-refractivity contribution in [3.05, 3.63) is 33.6 Å². The van der Waals surface area contributed by atoms with Crippen LogP contribution in [0.4, 0.5) is 0 Å². The standard InChI is InChI=1S/C13H14BrClN4O/c14-10-7-9(1-2-11(10)15)13-17-12(20-18-13)8-19-5-3-16-4-6-19/h1-2,7,16H,3-6,8H2. The first kappa shape index (κ1) is 14.0. The molecular formula is C13H14BrClN4O. The van der Waals surface area contributed by atoms with E-state index in [2.05, 4.69) is 36.3 Å². The van der Waals surface area contributed by atoms with Crippen LogP contribution in [0.25, 0.3) is 11.4 Å². The molecule has 2 heterocycles. The molecule has 1 aromatic carbocycles. The van der Waals surface area contributed by atoms with Crippen LogP contribution in [0.1, 0.15) is 5.89 Å². The van der Waals surface area contributed by atoms with E-state index in [1.165, 1.54) is 0 Å². The van der Waals surface area contributed by atoms with Crippen LogP contribution in [0.15, 0.2) is 27.2 Å². The maximum Gasteiger partial charge on any atom is 0.241 e. The molecule has 0 radical (unpaired) electrons. The summed E-state index contributed by atoms with van der Waals surface area (Å²) in [5.41, 5.74) is 0.886. The van der Waals surface area contributed by atoms with Gasteiger partial charge in [0.1, 0.15) is 0 Å². The van der Waals surface area contributed by atoms with E-state index in [0.29, 0.717) is 23.3 Å². The molecule has 1 fully saturated rings. The van der Waals surface area contributed by atoms with Gasteiger partial charge in [-0.25, -0.2) is 0 Å². The fourth-order valence-electron chi connectivity index (χ4n) is 2.13. The van der Waals surface area contributed by atoms with Gasteiger partial charge >= 0.3 is 0 Å². The first-order valence-corrected chi connectivity index (χ1v) is 7.60. The average Bonchev–Trinajstić information content (AvgIpc) is 2.91. The van der Waals surface area contributed by atoms with Crippen molar-refractivity contribution in [1.29, 1.82) is 0 Å². The van der Waals surface area contributed by atoms with E-state index in [9.17, 15) is 0 Å². The Balaban J connectivity index is 1.73. The molecule has 1 aliphatic rings. The summed E-state index contributed by atoms with van der Waals surface area (Å²) in [6.07, 6.45) is 0. The van der Waals surface area contributed by atoms with Crippen LogP contribution in [0.2, 0.25) is 5.02 Å². The van der Waals surface area contributed by atoms with E-state index in [0.717, 1.165) is 36.2 Å². The van der Waals surface area contributed by atoms with Gasteiger partial charge in [0.2, 0.25) is 11.7 Å². The van der Waals surface area contributed by atoms with Crippen molar-refractivity contribution in [3.63, 3.8) is 0 Å². The van der Waals surface area contributed by atoms with E-state index in [-0.39, 0.29) is 0 Å². The Morgan fingerprint density at radius 3 is 2.90 bits per heavy atom. The van der Waals surface area contributed by atoms with E-state index in [4.69, 9.17) is 16.1 Å². The molecule has 0 saturated carbocycles. The molecule has 1 saturated heterocycles. The highest BCUT2D eigenvalue weighted by atomic mass is 79.9. The summed E-state index contributed by atoms with van der Waals surface area (Å²) in [4.78, 5) is 6.74. The van der Waals surface area contributed by atoms with Gasteiger partial charge in [0, 0.05) is 36.2 Å². The molecule has 3 rings (SSSR count). The Kier molecular flexibility index (Phi) is 4.35. The molecule has 0 unspecified atom stereocenters. The summed E-state index contributed by atoms with van der Waals surface area (Å²) in [5.74, 6) is 1.24. The molecule has 20 heavy (non-hydrogen) atoms. The van der Waals surface area contributed by atoms with Crippen LogP contribution in [0, 0.1) is 0 Å². The second-order valence-electron chi connectivity index (χ2n) is 4.67. The van der Waals surface area contributed by atoms with Gasteiger partial charge in [0.25, 0.3) is 0 Å². The number of benzene rings is 1. The van der Waals surface area contributed by atoms with Gasteiger partial charge < -0.3 is 9.84 Å². The van der Waals surface area contributed by atoms with Crippen LogP contribution in [0.3, 0.4) is 0 Å².